The van der Waals surface area contributed by atoms with Gasteiger partial charge in [-0.2, -0.15) is 0 Å². The summed E-state index contributed by atoms with van der Waals surface area (Å²) in [5.41, 5.74) is 7.09. The number of aromatic nitrogens is 2. The Morgan fingerprint density at radius 3 is 2.67 bits per heavy atom. The van der Waals surface area contributed by atoms with E-state index in [1.54, 1.807) is 13.0 Å². The zero-order chi connectivity index (χ0) is 17.1. The Bertz CT molecular complexity index is 865. The molecular weight excluding hydrogens is 330 g/mol. The number of nitrogens with zero attached hydrogens (tertiary/aromatic N) is 2. The minimum atomic E-state index is -0.695. The predicted molar refractivity (Wildman–Crippen MR) is 89.4 cm³/mol. The van der Waals surface area contributed by atoms with E-state index in [0.29, 0.717) is 22.2 Å². The van der Waals surface area contributed by atoms with Gasteiger partial charge in [-0.3, -0.25) is 0 Å². The van der Waals surface area contributed by atoms with Crippen molar-refractivity contribution in [3.63, 3.8) is 0 Å². The van der Waals surface area contributed by atoms with Crippen LogP contribution in [0.25, 0.3) is 11.5 Å². The van der Waals surface area contributed by atoms with Crippen molar-refractivity contribution in [1.29, 1.82) is 0 Å². The van der Waals surface area contributed by atoms with Gasteiger partial charge in [-0.1, -0.05) is 29.8 Å². The highest BCUT2D eigenvalue weighted by Crippen LogP contribution is 2.24. The second kappa shape index (κ2) is 6.72. The highest BCUT2D eigenvalue weighted by molar-refractivity contribution is 6.33. The van der Waals surface area contributed by atoms with E-state index in [1.165, 1.54) is 12.1 Å². The molecule has 3 aromatic rings. The molecule has 1 aromatic heterocycles. The van der Waals surface area contributed by atoms with E-state index >= 15 is 0 Å². The minimum absolute atomic E-state index is 0.212. The molecule has 1 atom stereocenters. The van der Waals surface area contributed by atoms with Crippen molar-refractivity contribution >= 4 is 23.3 Å². The molecule has 0 spiro atoms. The predicted octanol–water partition coefficient (Wildman–Crippen LogP) is 3.89. The van der Waals surface area contributed by atoms with E-state index < -0.39 is 12.1 Å². The van der Waals surface area contributed by atoms with Gasteiger partial charge in [-0.15, -0.1) is 10.2 Å². The van der Waals surface area contributed by atoms with Crippen molar-refractivity contribution in [2.45, 2.75) is 13.0 Å². The van der Waals surface area contributed by atoms with E-state index in [9.17, 15) is 4.79 Å². The third-order valence-electron chi connectivity index (χ3n) is 3.32. The number of esters is 1. The molecular formula is C17H14ClN3O3. The Kier molecular flexibility index (Phi) is 4.48. The molecule has 0 fully saturated rings. The molecule has 0 aliphatic heterocycles. The molecule has 7 heteroatoms. The number of carbonyl (C=O) groups excluding carboxylic acids is 1. The third-order valence-corrected chi connectivity index (χ3v) is 3.67. The minimum Gasteiger partial charge on any atom is -0.449 e. The number of halogens is 1. The number of benzene rings is 2. The number of rotatable bonds is 4. The van der Waals surface area contributed by atoms with Crippen LogP contribution in [-0.4, -0.2) is 16.2 Å². The highest BCUT2D eigenvalue weighted by atomic mass is 35.5. The molecule has 2 N–H and O–H groups in total. The molecule has 0 aliphatic carbocycles. The van der Waals surface area contributed by atoms with Gasteiger partial charge in [0, 0.05) is 5.56 Å². The van der Waals surface area contributed by atoms with Crippen LogP contribution in [0, 0.1) is 0 Å². The van der Waals surface area contributed by atoms with Gasteiger partial charge in [-0.05, 0) is 37.3 Å². The molecule has 122 valence electrons. The van der Waals surface area contributed by atoms with Gasteiger partial charge in [0.15, 0.2) is 6.10 Å². The van der Waals surface area contributed by atoms with Gasteiger partial charge in [0.2, 0.25) is 5.89 Å². The van der Waals surface area contributed by atoms with Crippen LogP contribution in [0.4, 0.5) is 5.69 Å². The fourth-order valence-corrected chi connectivity index (χ4v) is 2.16. The Morgan fingerprint density at radius 2 is 1.96 bits per heavy atom. The van der Waals surface area contributed by atoms with E-state index in [1.807, 2.05) is 30.3 Å². The maximum atomic E-state index is 12.2. The summed E-state index contributed by atoms with van der Waals surface area (Å²) < 4.78 is 10.9. The average Bonchev–Trinajstić information content (AvgIpc) is 3.08. The monoisotopic (exact) mass is 343 g/mol. The lowest BCUT2D eigenvalue weighted by molar-refractivity contribution is 0.0280. The topological polar surface area (TPSA) is 91.2 Å². The number of hydrogen-bond donors (Lipinski definition) is 1. The molecule has 24 heavy (non-hydrogen) atoms. The van der Waals surface area contributed by atoms with E-state index in [-0.39, 0.29) is 5.89 Å². The second-order valence-corrected chi connectivity index (χ2v) is 5.50. The zero-order valence-electron chi connectivity index (χ0n) is 12.8. The van der Waals surface area contributed by atoms with Gasteiger partial charge in [0.1, 0.15) is 0 Å². The number of carbonyl (C=O) groups is 1. The largest absolute Gasteiger partial charge is 0.449 e. The molecule has 0 saturated heterocycles. The maximum absolute atomic E-state index is 12.2. The summed E-state index contributed by atoms with van der Waals surface area (Å²) >= 11 is 5.84. The summed E-state index contributed by atoms with van der Waals surface area (Å²) in [4.78, 5) is 12.2. The third kappa shape index (κ3) is 3.38. The number of hydrogen-bond acceptors (Lipinski definition) is 6. The number of ether oxygens (including phenoxy) is 1. The van der Waals surface area contributed by atoms with Gasteiger partial charge in [-0.25, -0.2) is 4.79 Å². The smallest absolute Gasteiger partial charge is 0.338 e. The van der Waals surface area contributed by atoms with Crippen molar-refractivity contribution in [3.8, 4) is 11.5 Å². The van der Waals surface area contributed by atoms with Crippen LogP contribution in [0.1, 0.15) is 29.3 Å². The molecule has 6 nitrogen and oxygen atoms in total. The van der Waals surface area contributed by atoms with Crippen LogP contribution in [0.15, 0.2) is 52.9 Å². The lowest BCUT2D eigenvalue weighted by atomic mass is 10.2. The highest BCUT2D eigenvalue weighted by Gasteiger charge is 2.20. The average molecular weight is 344 g/mol. The molecule has 0 bridgehead atoms. The summed E-state index contributed by atoms with van der Waals surface area (Å²) in [5.74, 6) is 0.0266. The molecule has 0 aliphatic rings. The van der Waals surface area contributed by atoms with Crippen LogP contribution in [0.5, 0.6) is 0 Å². The van der Waals surface area contributed by atoms with Crippen LogP contribution < -0.4 is 5.73 Å². The van der Waals surface area contributed by atoms with Gasteiger partial charge in [0.25, 0.3) is 5.89 Å². The Hall–Kier alpha value is -2.86. The quantitative estimate of drug-likeness (QED) is 0.570. The first-order valence-corrected chi connectivity index (χ1v) is 7.57. The Labute approximate surface area is 143 Å². The van der Waals surface area contributed by atoms with Gasteiger partial charge >= 0.3 is 5.97 Å². The Morgan fingerprint density at radius 1 is 1.21 bits per heavy atom. The molecule has 1 unspecified atom stereocenters. The maximum Gasteiger partial charge on any atom is 0.338 e. The molecule has 0 radical (unpaired) electrons. The van der Waals surface area contributed by atoms with Crippen LogP contribution >= 0.6 is 11.6 Å². The summed E-state index contributed by atoms with van der Waals surface area (Å²) in [5, 5.41) is 8.28. The van der Waals surface area contributed by atoms with Crippen molar-refractivity contribution in [2.24, 2.45) is 0 Å². The fourth-order valence-electron chi connectivity index (χ4n) is 2.05. The first-order valence-electron chi connectivity index (χ1n) is 7.19. The molecule has 2 aromatic carbocycles. The summed E-state index contributed by atoms with van der Waals surface area (Å²) in [6.45, 7) is 1.65. The number of nitrogens with two attached hydrogens (primary N) is 1. The lowest BCUT2D eigenvalue weighted by Crippen LogP contribution is -2.10. The number of anilines is 1. The van der Waals surface area contributed by atoms with Crippen molar-refractivity contribution < 1.29 is 13.9 Å². The SMILES string of the molecule is CC(OC(=O)c1ccc(Cl)c(N)c1)c1nnc(-c2ccccc2)o1. The molecule has 3 rings (SSSR count). The van der Waals surface area contributed by atoms with Gasteiger partial charge in [0.05, 0.1) is 16.3 Å². The molecule has 0 amide bonds. The van der Waals surface area contributed by atoms with Crippen molar-refractivity contribution in [2.75, 3.05) is 5.73 Å². The summed E-state index contributed by atoms with van der Waals surface area (Å²) in [6, 6.07) is 13.9. The fraction of sp³-hybridized carbons (Fsp3) is 0.118. The second-order valence-electron chi connectivity index (χ2n) is 5.10. The van der Waals surface area contributed by atoms with E-state index in [2.05, 4.69) is 10.2 Å². The molecule has 0 saturated carbocycles. The van der Waals surface area contributed by atoms with Crippen molar-refractivity contribution in [3.05, 3.63) is 65.0 Å². The first kappa shape index (κ1) is 16.0. The number of nitrogen functional groups attached to an aromatic ring is 1. The van der Waals surface area contributed by atoms with Crippen LogP contribution in [0.3, 0.4) is 0 Å². The first-order chi connectivity index (χ1) is 11.5. The Balaban J connectivity index is 1.73. The summed E-state index contributed by atoms with van der Waals surface area (Å²) in [6.07, 6.45) is -0.695. The van der Waals surface area contributed by atoms with Crippen LogP contribution in [-0.2, 0) is 4.74 Å². The zero-order valence-corrected chi connectivity index (χ0v) is 13.5. The van der Waals surface area contributed by atoms with E-state index in [4.69, 9.17) is 26.5 Å². The summed E-state index contributed by atoms with van der Waals surface area (Å²) in [7, 11) is 0. The van der Waals surface area contributed by atoms with Gasteiger partial charge < -0.3 is 14.9 Å². The molecule has 1 heterocycles. The van der Waals surface area contributed by atoms with Crippen molar-refractivity contribution in [1.82, 2.24) is 10.2 Å². The van der Waals surface area contributed by atoms with Crippen LogP contribution in [0.2, 0.25) is 5.02 Å². The lowest BCUT2D eigenvalue weighted by Gasteiger charge is -2.10. The van der Waals surface area contributed by atoms with E-state index in [0.717, 1.165) is 5.56 Å². The standard InChI is InChI=1S/C17H14ClN3O3/c1-10(23-17(22)12-7-8-13(18)14(19)9-12)15-20-21-16(24-15)11-5-3-2-4-6-11/h2-10H,19H2,1H3. The normalized spacial score (nSPS) is 11.9.